The van der Waals surface area contributed by atoms with Gasteiger partial charge in [0.1, 0.15) is 0 Å². The minimum atomic E-state index is 0.498. The molecular weight excluding hydrogens is 174 g/mol. The molecule has 0 saturated carbocycles. The van der Waals surface area contributed by atoms with E-state index in [2.05, 4.69) is 37.3 Å². The van der Waals surface area contributed by atoms with E-state index in [1.807, 2.05) is 0 Å². The number of likely N-dealkylation sites (tertiary alicyclic amines) is 1. The van der Waals surface area contributed by atoms with Crippen LogP contribution in [0.15, 0.2) is 0 Å². The summed E-state index contributed by atoms with van der Waals surface area (Å²) in [5.74, 6) is 1.97. The summed E-state index contributed by atoms with van der Waals surface area (Å²) in [6, 6.07) is 0. The Balaban J connectivity index is 2.19. The summed E-state index contributed by atoms with van der Waals surface area (Å²) >= 11 is 4.12. The lowest BCUT2D eigenvalue weighted by Crippen LogP contribution is -2.51. The smallest absolute Gasteiger partial charge is 0.0546 e. The second-order valence-corrected chi connectivity index (χ2v) is 5.65. The lowest BCUT2D eigenvalue weighted by atomic mass is 9.76. The van der Waals surface area contributed by atoms with Gasteiger partial charge in [-0.05, 0) is 11.3 Å². The van der Waals surface area contributed by atoms with Crippen molar-refractivity contribution in [3.63, 3.8) is 0 Å². The highest BCUT2D eigenvalue weighted by molar-refractivity contribution is 8.68. The van der Waals surface area contributed by atoms with Crippen LogP contribution in [-0.2, 0) is 0 Å². The van der Waals surface area contributed by atoms with Crippen molar-refractivity contribution < 1.29 is 0 Å². The molecule has 66 valence electrons. The molecule has 1 aliphatic heterocycles. The van der Waals surface area contributed by atoms with Crippen LogP contribution in [-0.4, -0.2) is 23.9 Å². The molecule has 0 radical (unpaired) electrons. The summed E-state index contributed by atoms with van der Waals surface area (Å²) in [5.41, 5.74) is 0.498. The van der Waals surface area contributed by atoms with Gasteiger partial charge in [-0.1, -0.05) is 31.6 Å². The Morgan fingerprint density at radius 3 is 2.36 bits per heavy atom. The van der Waals surface area contributed by atoms with Gasteiger partial charge in [0.15, 0.2) is 0 Å². The maximum absolute atomic E-state index is 4.12. The molecule has 0 aromatic heterocycles. The van der Waals surface area contributed by atoms with Gasteiger partial charge >= 0.3 is 0 Å². The van der Waals surface area contributed by atoms with E-state index in [-0.39, 0.29) is 0 Å². The highest BCUT2D eigenvalue weighted by atomic mass is 33.1. The van der Waals surface area contributed by atoms with Gasteiger partial charge in [0.05, 0.1) is 5.88 Å². The van der Waals surface area contributed by atoms with Gasteiger partial charge in [0, 0.05) is 13.1 Å². The van der Waals surface area contributed by atoms with E-state index in [1.165, 1.54) is 13.1 Å². The Kier molecular flexibility index (Phi) is 3.18. The first kappa shape index (κ1) is 9.75. The maximum atomic E-state index is 4.12. The zero-order valence-corrected chi connectivity index (χ0v) is 9.21. The summed E-state index contributed by atoms with van der Waals surface area (Å²) in [5, 5.41) is 0. The fourth-order valence-electron chi connectivity index (χ4n) is 1.30. The third kappa shape index (κ3) is 2.56. The number of nitrogens with zero attached hydrogens (tertiary/aromatic N) is 1. The lowest BCUT2D eigenvalue weighted by Gasteiger charge is -2.45. The molecule has 1 nitrogen and oxygen atoms in total. The van der Waals surface area contributed by atoms with Gasteiger partial charge in [-0.25, -0.2) is 0 Å². The minimum Gasteiger partial charge on any atom is -0.293 e. The summed E-state index contributed by atoms with van der Waals surface area (Å²) in [4.78, 5) is 2.44. The zero-order valence-electron chi connectivity index (χ0n) is 7.50. The van der Waals surface area contributed by atoms with E-state index in [1.54, 1.807) is 10.8 Å². The summed E-state index contributed by atoms with van der Waals surface area (Å²) in [6.45, 7) is 9.49. The fourth-order valence-corrected chi connectivity index (χ4v) is 2.17. The fraction of sp³-hybridized carbons (Fsp3) is 1.00. The van der Waals surface area contributed by atoms with Crippen molar-refractivity contribution in [2.75, 3.05) is 19.0 Å². The lowest BCUT2D eigenvalue weighted by molar-refractivity contribution is 0.0410. The number of hydrogen-bond acceptors (Lipinski definition) is 3. The van der Waals surface area contributed by atoms with Gasteiger partial charge in [0.2, 0.25) is 0 Å². The molecule has 0 amide bonds. The first-order chi connectivity index (χ1) is 5.04. The number of rotatable bonds is 2. The van der Waals surface area contributed by atoms with Crippen LogP contribution in [0.3, 0.4) is 0 Å². The molecule has 1 saturated heterocycles. The summed E-state index contributed by atoms with van der Waals surface area (Å²) in [6.07, 6.45) is 0. The van der Waals surface area contributed by atoms with Crippen LogP contribution in [0, 0.1) is 11.3 Å². The van der Waals surface area contributed by atoms with Crippen LogP contribution >= 0.6 is 22.5 Å². The molecule has 0 unspecified atom stereocenters. The Morgan fingerprint density at radius 1 is 1.45 bits per heavy atom. The van der Waals surface area contributed by atoms with Crippen LogP contribution in [0.25, 0.3) is 0 Å². The van der Waals surface area contributed by atoms with E-state index in [9.17, 15) is 0 Å². The molecule has 0 bridgehead atoms. The van der Waals surface area contributed by atoms with E-state index in [0.717, 1.165) is 11.8 Å². The van der Waals surface area contributed by atoms with Crippen molar-refractivity contribution in [1.82, 2.24) is 4.90 Å². The summed E-state index contributed by atoms with van der Waals surface area (Å²) < 4.78 is 0. The van der Waals surface area contributed by atoms with E-state index in [0.29, 0.717) is 5.41 Å². The maximum Gasteiger partial charge on any atom is 0.0546 e. The van der Waals surface area contributed by atoms with Gasteiger partial charge in [-0.2, -0.15) is 0 Å². The Bertz CT molecular complexity index is 125. The first-order valence-electron chi connectivity index (χ1n) is 4.03. The average molecular weight is 191 g/mol. The molecule has 0 atom stereocenters. The quantitative estimate of drug-likeness (QED) is 0.528. The normalized spacial score (nSPS) is 21.8. The van der Waals surface area contributed by atoms with Crippen molar-refractivity contribution in [2.24, 2.45) is 11.3 Å². The van der Waals surface area contributed by atoms with Crippen molar-refractivity contribution in [2.45, 2.75) is 20.8 Å². The first-order valence-corrected chi connectivity index (χ1v) is 6.06. The molecule has 0 aromatic rings. The van der Waals surface area contributed by atoms with Gasteiger partial charge < -0.3 is 0 Å². The molecule has 11 heavy (non-hydrogen) atoms. The predicted octanol–water partition coefficient (Wildman–Crippen LogP) is 2.50. The highest BCUT2D eigenvalue weighted by Gasteiger charge is 2.34. The van der Waals surface area contributed by atoms with Crippen LogP contribution in [0.5, 0.6) is 0 Å². The van der Waals surface area contributed by atoms with E-state index in [4.69, 9.17) is 0 Å². The Morgan fingerprint density at radius 2 is 2.00 bits per heavy atom. The largest absolute Gasteiger partial charge is 0.293 e. The molecule has 0 spiro atoms. The van der Waals surface area contributed by atoms with Gasteiger partial charge in [-0.15, -0.1) is 11.7 Å². The molecule has 0 aromatic carbocycles. The molecule has 0 N–H and O–H groups in total. The predicted molar refractivity (Wildman–Crippen MR) is 56.0 cm³/mol. The van der Waals surface area contributed by atoms with Gasteiger partial charge in [-0.3, -0.25) is 4.90 Å². The Labute approximate surface area is 78.7 Å². The highest BCUT2D eigenvalue weighted by Crippen LogP contribution is 2.34. The van der Waals surface area contributed by atoms with E-state index < -0.39 is 0 Å². The number of hydrogen-bond donors (Lipinski definition) is 1. The molecule has 1 heterocycles. The molecule has 0 aliphatic carbocycles. The molecule has 1 rings (SSSR count). The summed E-state index contributed by atoms with van der Waals surface area (Å²) in [7, 11) is 1.62. The van der Waals surface area contributed by atoms with Crippen molar-refractivity contribution in [3.05, 3.63) is 0 Å². The minimum absolute atomic E-state index is 0.498. The molecule has 1 fully saturated rings. The molecular formula is C8H17NS2. The van der Waals surface area contributed by atoms with Gasteiger partial charge in [0.25, 0.3) is 0 Å². The van der Waals surface area contributed by atoms with Crippen molar-refractivity contribution in [3.8, 4) is 0 Å². The van der Waals surface area contributed by atoms with Crippen LogP contribution in [0.4, 0.5) is 0 Å². The van der Waals surface area contributed by atoms with E-state index >= 15 is 0 Å². The zero-order chi connectivity index (χ0) is 8.48. The third-order valence-corrected chi connectivity index (χ3v) is 3.25. The van der Waals surface area contributed by atoms with Crippen LogP contribution in [0.2, 0.25) is 0 Å². The monoisotopic (exact) mass is 191 g/mol. The van der Waals surface area contributed by atoms with Crippen LogP contribution in [0.1, 0.15) is 20.8 Å². The second-order valence-electron chi connectivity index (χ2n) is 4.36. The second kappa shape index (κ2) is 3.58. The molecule has 1 aliphatic rings. The van der Waals surface area contributed by atoms with Crippen LogP contribution < -0.4 is 0 Å². The SMILES string of the molecule is CC(C)(C)C1CN(CSS)C1. The number of thiol groups is 1. The molecule has 3 heteroatoms. The third-order valence-electron chi connectivity index (χ3n) is 2.42. The topological polar surface area (TPSA) is 3.24 Å². The van der Waals surface area contributed by atoms with Crippen molar-refractivity contribution >= 4 is 22.5 Å². The Hall–Kier alpha value is 0.660. The standard InChI is InChI=1S/C8H17NS2/c1-8(2,3)7-4-9(5-7)6-11-10/h7,10H,4-6H2,1-3H3. The average Bonchev–Trinajstić information content (AvgIpc) is 1.74. The van der Waals surface area contributed by atoms with Crippen molar-refractivity contribution in [1.29, 1.82) is 0 Å².